The second-order valence-corrected chi connectivity index (χ2v) is 14.5. The first-order valence-corrected chi connectivity index (χ1v) is 19.0. The van der Waals surface area contributed by atoms with E-state index >= 15 is 0 Å². The molecule has 0 unspecified atom stereocenters. The summed E-state index contributed by atoms with van der Waals surface area (Å²) in [7, 11) is 0. The van der Waals surface area contributed by atoms with E-state index in [4.69, 9.17) is 4.42 Å². The summed E-state index contributed by atoms with van der Waals surface area (Å²) in [5.41, 5.74) is 13.2. The molecule has 11 aromatic rings. The number of oxazole rings is 1. The zero-order valence-electron chi connectivity index (χ0n) is 30.4. The van der Waals surface area contributed by atoms with Crippen LogP contribution in [0.5, 0.6) is 0 Å². The molecule has 56 heavy (non-hydrogen) atoms. The van der Waals surface area contributed by atoms with Gasteiger partial charge in [-0.3, -0.25) is 0 Å². The lowest BCUT2D eigenvalue weighted by Gasteiger charge is -2.10. The van der Waals surface area contributed by atoms with E-state index in [0.29, 0.717) is 5.89 Å². The Morgan fingerprint density at radius 2 is 0.911 bits per heavy atom. The molecule has 262 valence electrons. The van der Waals surface area contributed by atoms with E-state index in [1.807, 2.05) is 36.4 Å². The summed E-state index contributed by atoms with van der Waals surface area (Å²) in [6.45, 7) is 0. The molecule has 0 atom stereocenters. The zero-order chi connectivity index (χ0) is 37.0. The molecule has 0 fully saturated rings. The standard InChI is InChI=1S/C53H34N2O/c1-2-8-39(9-3-1)53-54-49-29-27-45(34-52(49)56-53)38-22-20-37(21-23-38)42-25-24-40-30-35(16-18-43(40)32-42)14-15-36-17-19-44-33-46(28-26-41(44)31-36)55-50-12-6-4-10-47(50)48-11-5-7-13-51(48)55/h1-34H/b15-14+. The molecule has 0 saturated heterocycles. The lowest BCUT2D eigenvalue weighted by molar-refractivity contribution is 0.620. The predicted molar refractivity (Wildman–Crippen MR) is 235 cm³/mol. The smallest absolute Gasteiger partial charge is 0.227 e. The summed E-state index contributed by atoms with van der Waals surface area (Å²) in [4.78, 5) is 4.69. The fourth-order valence-electron chi connectivity index (χ4n) is 8.10. The average Bonchev–Trinajstić information content (AvgIpc) is 3.85. The number of aromatic nitrogens is 2. The van der Waals surface area contributed by atoms with Gasteiger partial charge in [-0.15, -0.1) is 0 Å². The van der Waals surface area contributed by atoms with Crippen molar-refractivity contribution in [2.24, 2.45) is 0 Å². The number of rotatable bonds is 6. The summed E-state index contributed by atoms with van der Waals surface area (Å²) in [6.07, 6.45) is 4.41. The molecule has 0 bridgehead atoms. The van der Waals surface area contributed by atoms with Crippen molar-refractivity contribution in [1.29, 1.82) is 0 Å². The van der Waals surface area contributed by atoms with Crippen molar-refractivity contribution in [3.8, 4) is 39.4 Å². The third kappa shape index (κ3) is 5.66. The van der Waals surface area contributed by atoms with Crippen LogP contribution in [0.1, 0.15) is 11.1 Å². The molecule has 0 spiro atoms. The van der Waals surface area contributed by atoms with E-state index in [1.165, 1.54) is 71.3 Å². The number of fused-ring (bicyclic) bond motifs is 6. The van der Waals surface area contributed by atoms with Gasteiger partial charge in [0.2, 0.25) is 5.89 Å². The largest absolute Gasteiger partial charge is 0.436 e. The van der Waals surface area contributed by atoms with Crippen LogP contribution in [0.2, 0.25) is 0 Å². The van der Waals surface area contributed by atoms with Crippen molar-refractivity contribution in [2.75, 3.05) is 0 Å². The van der Waals surface area contributed by atoms with E-state index < -0.39 is 0 Å². The zero-order valence-corrected chi connectivity index (χ0v) is 30.4. The van der Waals surface area contributed by atoms with E-state index in [-0.39, 0.29) is 0 Å². The molecule has 0 aliphatic rings. The first-order valence-electron chi connectivity index (χ1n) is 19.0. The van der Waals surface area contributed by atoms with Gasteiger partial charge in [0.25, 0.3) is 0 Å². The summed E-state index contributed by atoms with van der Waals surface area (Å²) in [5.74, 6) is 0.642. The maximum absolute atomic E-state index is 6.13. The van der Waals surface area contributed by atoms with Crippen LogP contribution in [0.3, 0.4) is 0 Å². The monoisotopic (exact) mass is 714 g/mol. The number of para-hydroxylation sites is 2. The first kappa shape index (κ1) is 32.0. The maximum Gasteiger partial charge on any atom is 0.227 e. The number of hydrogen-bond acceptors (Lipinski definition) is 2. The Kier molecular flexibility index (Phi) is 7.49. The molecular weight excluding hydrogens is 681 g/mol. The Morgan fingerprint density at radius 1 is 0.393 bits per heavy atom. The maximum atomic E-state index is 6.13. The van der Waals surface area contributed by atoms with Gasteiger partial charge in [0.1, 0.15) is 5.52 Å². The van der Waals surface area contributed by atoms with Crippen molar-refractivity contribution < 1.29 is 4.42 Å². The van der Waals surface area contributed by atoms with Gasteiger partial charge in [-0.25, -0.2) is 4.98 Å². The molecule has 0 saturated carbocycles. The average molecular weight is 715 g/mol. The van der Waals surface area contributed by atoms with Crippen LogP contribution >= 0.6 is 0 Å². The van der Waals surface area contributed by atoms with E-state index in [2.05, 4.69) is 179 Å². The lowest BCUT2D eigenvalue weighted by atomic mass is 9.97. The highest BCUT2D eigenvalue weighted by molar-refractivity contribution is 6.09. The van der Waals surface area contributed by atoms with Gasteiger partial charge in [-0.1, -0.05) is 140 Å². The second-order valence-electron chi connectivity index (χ2n) is 14.5. The summed E-state index contributed by atoms with van der Waals surface area (Å²) in [6, 6.07) is 69.2. The minimum Gasteiger partial charge on any atom is -0.436 e. The van der Waals surface area contributed by atoms with Crippen LogP contribution in [-0.2, 0) is 0 Å². The van der Waals surface area contributed by atoms with Gasteiger partial charge < -0.3 is 8.98 Å². The van der Waals surface area contributed by atoms with Crippen molar-refractivity contribution >= 4 is 66.6 Å². The molecule has 0 N–H and O–H groups in total. The van der Waals surface area contributed by atoms with Gasteiger partial charge >= 0.3 is 0 Å². The Balaban J connectivity index is 0.815. The van der Waals surface area contributed by atoms with Crippen LogP contribution in [0.25, 0.3) is 106 Å². The fourth-order valence-corrected chi connectivity index (χ4v) is 8.10. The first-order chi connectivity index (χ1) is 27.7. The van der Waals surface area contributed by atoms with Crippen molar-refractivity contribution in [2.45, 2.75) is 0 Å². The SMILES string of the molecule is C(=C\c1ccc2cc(-n3c4ccccc4c4ccccc43)ccc2c1)/c1ccc2cc(-c3ccc(-c4ccc5nc(-c6ccccc6)oc5c4)cc3)ccc2c1. The fraction of sp³-hybridized carbons (Fsp3) is 0. The third-order valence-electron chi connectivity index (χ3n) is 11.0. The summed E-state index contributed by atoms with van der Waals surface area (Å²) < 4.78 is 8.50. The molecule has 2 heterocycles. The molecule has 2 aromatic heterocycles. The van der Waals surface area contributed by atoms with E-state index in [1.54, 1.807) is 0 Å². The highest BCUT2D eigenvalue weighted by atomic mass is 16.3. The van der Waals surface area contributed by atoms with Gasteiger partial charge in [-0.2, -0.15) is 0 Å². The van der Waals surface area contributed by atoms with Crippen molar-refractivity contribution in [3.63, 3.8) is 0 Å². The lowest BCUT2D eigenvalue weighted by Crippen LogP contribution is -1.93. The highest BCUT2D eigenvalue weighted by Crippen LogP contribution is 2.34. The molecule has 11 rings (SSSR count). The summed E-state index contributed by atoms with van der Waals surface area (Å²) in [5, 5.41) is 7.45. The van der Waals surface area contributed by atoms with Crippen LogP contribution in [-0.4, -0.2) is 9.55 Å². The van der Waals surface area contributed by atoms with Crippen molar-refractivity contribution in [3.05, 3.63) is 205 Å². The third-order valence-corrected chi connectivity index (χ3v) is 11.0. The Labute approximate surface area is 324 Å². The molecule has 0 aliphatic heterocycles. The molecule has 9 aromatic carbocycles. The normalized spacial score (nSPS) is 11.9. The van der Waals surface area contributed by atoms with Crippen LogP contribution in [0.4, 0.5) is 0 Å². The highest BCUT2D eigenvalue weighted by Gasteiger charge is 2.13. The van der Waals surface area contributed by atoms with Gasteiger partial charge in [0.05, 0.1) is 11.0 Å². The second kappa shape index (κ2) is 13.1. The minimum atomic E-state index is 0.642. The number of benzene rings is 9. The summed E-state index contributed by atoms with van der Waals surface area (Å²) >= 11 is 0. The minimum absolute atomic E-state index is 0.642. The topological polar surface area (TPSA) is 31.0 Å². The van der Waals surface area contributed by atoms with E-state index in [9.17, 15) is 0 Å². The molecule has 3 heteroatoms. The van der Waals surface area contributed by atoms with Gasteiger partial charge in [0.15, 0.2) is 5.58 Å². The molecule has 0 aliphatic carbocycles. The number of nitrogens with zero attached hydrogens (tertiary/aromatic N) is 2. The van der Waals surface area contributed by atoms with Crippen LogP contribution < -0.4 is 0 Å². The Bertz CT molecular complexity index is 3240. The molecule has 0 amide bonds. The quantitative estimate of drug-likeness (QED) is 0.161. The molecule has 3 nitrogen and oxygen atoms in total. The Hall–Kier alpha value is -7.49. The van der Waals surface area contributed by atoms with Crippen molar-refractivity contribution in [1.82, 2.24) is 9.55 Å². The van der Waals surface area contributed by atoms with Crippen LogP contribution in [0, 0.1) is 0 Å². The van der Waals surface area contributed by atoms with Gasteiger partial charge in [-0.05, 0) is 122 Å². The Morgan fingerprint density at radius 3 is 1.59 bits per heavy atom. The number of hydrogen-bond donors (Lipinski definition) is 0. The predicted octanol–water partition coefficient (Wildman–Crippen LogP) is 14.4. The molecular formula is C53H34N2O. The van der Waals surface area contributed by atoms with E-state index in [0.717, 1.165) is 27.8 Å². The van der Waals surface area contributed by atoms with Gasteiger partial charge in [0, 0.05) is 22.0 Å². The van der Waals surface area contributed by atoms with Crippen LogP contribution in [0.15, 0.2) is 199 Å². The molecule has 0 radical (unpaired) electrons.